The van der Waals surface area contributed by atoms with Crippen LogP contribution in [0.3, 0.4) is 0 Å². The Kier molecular flexibility index (Phi) is 8.80. The van der Waals surface area contributed by atoms with Crippen LogP contribution in [-0.4, -0.2) is 23.7 Å². The van der Waals surface area contributed by atoms with Gasteiger partial charge in [0.2, 0.25) is 5.91 Å². The van der Waals surface area contributed by atoms with Crippen LogP contribution in [0, 0.1) is 24.7 Å². The van der Waals surface area contributed by atoms with E-state index >= 15 is 0 Å². The van der Waals surface area contributed by atoms with Crippen LogP contribution >= 0.6 is 11.6 Å². The standard InChI is InChI=1S/C25H31ClF3NO3/c1-15-17(11-14-21(31)33-24(3,4)5)7-6-8-20(15)30-23(32)22(16(2)25(27,28)29)18-9-12-19(26)13-10-18/h6-9,12-13,16,18,22H,10-11,14H2,1-5H3,(H,30,32)/t16-,18?,22+/m1/s1. The van der Waals surface area contributed by atoms with E-state index in [1.807, 2.05) is 6.07 Å². The lowest BCUT2D eigenvalue weighted by molar-refractivity contribution is -0.188. The molecule has 4 nitrogen and oxygen atoms in total. The molecule has 0 aromatic heterocycles. The van der Waals surface area contributed by atoms with Gasteiger partial charge in [0.15, 0.2) is 0 Å². The van der Waals surface area contributed by atoms with Crippen LogP contribution in [0.4, 0.5) is 18.9 Å². The largest absolute Gasteiger partial charge is 0.460 e. The van der Waals surface area contributed by atoms with Crippen LogP contribution in [0.2, 0.25) is 0 Å². The third kappa shape index (κ3) is 7.91. The predicted molar refractivity (Wildman–Crippen MR) is 124 cm³/mol. The molecule has 1 aromatic rings. The maximum Gasteiger partial charge on any atom is 0.392 e. The van der Waals surface area contributed by atoms with E-state index in [0.29, 0.717) is 22.7 Å². The van der Waals surface area contributed by atoms with Crippen molar-refractivity contribution < 1.29 is 27.5 Å². The van der Waals surface area contributed by atoms with Crippen molar-refractivity contribution >= 4 is 29.2 Å². The Morgan fingerprint density at radius 2 is 1.91 bits per heavy atom. The van der Waals surface area contributed by atoms with E-state index in [1.165, 1.54) is 6.08 Å². The fourth-order valence-corrected chi connectivity index (χ4v) is 3.97. The van der Waals surface area contributed by atoms with Crippen LogP contribution in [-0.2, 0) is 20.7 Å². The number of rotatable bonds is 7. The van der Waals surface area contributed by atoms with E-state index in [2.05, 4.69) is 5.32 Å². The second-order valence-electron chi connectivity index (χ2n) is 9.37. The molecule has 0 bridgehead atoms. The highest BCUT2D eigenvalue weighted by molar-refractivity contribution is 6.31. The fraction of sp³-hybridized carbons (Fsp3) is 0.520. The van der Waals surface area contributed by atoms with Gasteiger partial charge in [-0.25, -0.2) is 0 Å². The maximum atomic E-state index is 13.6. The lowest BCUT2D eigenvalue weighted by Gasteiger charge is -2.31. The summed E-state index contributed by atoms with van der Waals surface area (Å²) in [6.07, 6.45) is 0.997. The second kappa shape index (κ2) is 10.8. The number of nitrogens with one attached hydrogen (secondary N) is 1. The number of amides is 1. The van der Waals surface area contributed by atoms with Gasteiger partial charge in [0.05, 0.1) is 11.8 Å². The van der Waals surface area contributed by atoms with Crippen LogP contribution in [0.1, 0.15) is 51.7 Å². The lowest BCUT2D eigenvalue weighted by Crippen LogP contribution is -2.40. The zero-order valence-electron chi connectivity index (χ0n) is 19.6. The third-order valence-corrected chi connectivity index (χ3v) is 5.91. The van der Waals surface area contributed by atoms with Gasteiger partial charge in [0.1, 0.15) is 5.60 Å². The summed E-state index contributed by atoms with van der Waals surface area (Å²) in [7, 11) is 0. The molecule has 0 aliphatic heterocycles. The highest BCUT2D eigenvalue weighted by atomic mass is 35.5. The Morgan fingerprint density at radius 1 is 1.24 bits per heavy atom. The van der Waals surface area contributed by atoms with Crippen molar-refractivity contribution in [1.82, 2.24) is 0 Å². The third-order valence-electron chi connectivity index (χ3n) is 5.63. The molecule has 1 N–H and O–H groups in total. The minimum atomic E-state index is -4.52. The zero-order valence-corrected chi connectivity index (χ0v) is 20.3. The number of aryl methyl sites for hydroxylation is 1. The van der Waals surface area contributed by atoms with Crippen molar-refractivity contribution in [3.8, 4) is 0 Å². The molecular formula is C25H31ClF3NO3. The van der Waals surface area contributed by atoms with Gasteiger partial charge >= 0.3 is 12.1 Å². The van der Waals surface area contributed by atoms with Gasteiger partial charge < -0.3 is 10.1 Å². The first-order valence-electron chi connectivity index (χ1n) is 10.9. The van der Waals surface area contributed by atoms with Crippen molar-refractivity contribution in [3.63, 3.8) is 0 Å². The molecule has 2 rings (SSSR count). The van der Waals surface area contributed by atoms with Crippen molar-refractivity contribution in [2.24, 2.45) is 17.8 Å². The van der Waals surface area contributed by atoms with Crippen molar-refractivity contribution in [3.05, 3.63) is 52.6 Å². The second-order valence-corrected chi connectivity index (χ2v) is 9.81. The number of hydrogen-bond acceptors (Lipinski definition) is 3. The maximum absolute atomic E-state index is 13.6. The topological polar surface area (TPSA) is 55.4 Å². The Balaban J connectivity index is 2.19. The number of anilines is 1. The van der Waals surface area contributed by atoms with Crippen molar-refractivity contribution in [2.45, 2.75) is 65.7 Å². The number of carbonyl (C=O) groups is 2. The van der Waals surface area contributed by atoms with Crippen LogP contribution in [0.25, 0.3) is 0 Å². The first kappa shape index (κ1) is 27.0. The van der Waals surface area contributed by atoms with E-state index in [4.69, 9.17) is 16.3 Å². The zero-order chi connectivity index (χ0) is 25.0. The van der Waals surface area contributed by atoms with Crippen molar-refractivity contribution in [2.75, 3.05) is 5.32 Å². The van der Waals surface area contributed by atoms with Gasteiger partial charge in [0, 0.05) is 17.1 Å². The summed E-state index contributed by atoms with van der Waals surface area (Å²) in [5.41, 5.74) is 1.36. The van der Waals surface area contributed by atoms with E-state index in [1.54, 1.807) is 52.0 Å². The number of ether oxygens (including phenoxy) is 1. The highest BCUT2D eigenvalue weighted by Gasteiger charge is 2.46. The average Bonchev–Trinajstić information content (AvgIpc) is 2.68. The van der Waals surface area contributed by atoms with E-state index in [9.17, 15) is 22.8 Å². The van der Waals surface area contributed by atoms with Crippen LogP contribution < -0.4 is 5.32 Å². The molecular weight excluding hydrogens is 455 g/mol. The summed E-state index contributed by atoms with van der Waals surface area (Å²) in [6.45, 7) is 8.16. The van der Waals surface area contributed by atoms with Gasteiger partial charge in [-0.05, 0) is 69.7 Å². The molecule has 8 heteroatoms. The number of esters is 1. The Bertz CT molecular complexity index is 932. The van der Waals surface area contributed by atoms with Crippen LogP contribution in [0.5, 0.6) is 0 Å². The minimum absolute atomic E-state index is 0.156. The van der Waals surface area contributed by atoms with Crippen molar-refractivity contribution in [1.29, 1.82) is 0 Å². The number of benzene rings is 1. The first-order chi connectivity index (χ1) is 15.2. The van der Waals surface area contributed by atoms with Crippen LogP contribution in [0.15, 0.2) is 41.5 Å². The van der Waals surface area contributed by atoms with E-state index in [0.717, 1.165) is 12.5 Å². The fourth-order valence-electron chi connectivity index (χ4n) is 3.81. The van der Waals surface area contributed by atoms with Gasteiger partial charge in [-0.3, -0.25) is 9.59 Å². The minimum Gasteiger partial charge on any atom is -0.460 e. The van der Waals surface area contributed by atoms with Gasteiger partial charge in [-0.15, -0.1) is 0 Å². The summed E-state index contributed by atoms with van der Waals surface area (Å²) in [6, 6.07) is 5.17. The molecule has 1 aliphatic carbocycles. The first-order valence-corrected chi connectivity index (χ1v) is 11.3. The predicted octanol–water partition coefficient (Wildman–Crippen LogP) is 6.72. The van der Waals surface area contributed by atoms with Gasteiger partial charge in [-0.2, -0.15) is 13.2 Å². The SMILES string of the molecule is Cc1c(CCC(=O)OC(C)(C)C)cccc1NC(=O)[C@H](C1C=CC(Cl)=CC1)[C@@H](C)C(F)(F)F. The highest BCUT2D eigenvalue weighted by Crippen LogP contribution is 2.39. The molecule has 1 aromatic carbocycles. The molecule has 3 atom stereocenters. The molecule has 33 heavy (non-hydrogen) atoms. The monoisotopic (exact) mass is 485 g/mol. The summed E-state index contributed by atoms with van der Waals surface area (Å²) >= 11 is 5.91. The molecule has 0 heterocycles. The normalized spacial score (nSPS) is 18.3. The molecule has 0 fully saturated rings. The number of carbonyl (C=O) groups excluding carboxylic acids is 2. The Labute approximate surface area is 198 Å². The smallest absolute Gasteiger partial charge is 0.392 e. The molecule has 182 valence electrons. The molecule has 0 spiro atoms. The average molecular weight is 486 g/mol. The Hall–Kier alpha value is -2.28. The summed E-state index contributed by atoms with van der Waals surface area (Å²) in [4.78, 5) is 25.1. The number of allylic oxidation sites excluding steroid dienone is 4. The molecule has 1 unspecified atom stereocenters. The molecule has 0 saturated heterocycles. The molecule has 0 radical (unpaired) electrons. The molecule has 1 amide bonds. The number of alkyl halides is 3. The Morgan fingerprint density at radius 3 is 2.45 bits per heavy atom. The van der Waals surface area contributed by atoms with E-state index in [-0.39, 0.29) is 18.8 Å². The quantitative estimate of drug-likeness (QED) is 0.436. The van der Waals surface area contributed by atoms with E-state index < -0.39 is 35.4 Å². The van der Waals surface area contributed by atoms with Gasteiger partial charge in [0.25, 0.3) is 0 Å². The molecule has 0 saturated carbocycles. The number of hydrogen-bond donors (Lipinski definition) is 1. The summed E-state index contributed by atoms with van der Waals surface area (Å²) in [5.74, 6) is -4.82. The molecule has 1 aliphatic rings. The number of halogens is 4. The summed E-state index contributed by atoms with van der Waals surface area (Å²) < 4.78 is 46.1. The lowest BCUT2D eigenvalue weighted by atomic mass is 9.78. The van der Waals surface area contributed by atoms with Gasteiger partial charge in [-0.1, -0.05) is 42.8 Å². The summed E-state index contributed by atoms with van der Waals surface area (Å²) in [5, 5.41) is 3.14.